The third kappa shape index (κ3) is 4.87. The third-order valence-electron chi connectivity index (χ3n) is 4.02. The molecule has 0 aromatic carbocycles. The first-order valence-electron chi connectivity index (χ1n) is 7.67. The summed E-state index contributed by atoms with van der Waals surface area (Å²) in [5, 5.41) is 3.33. The Balaban J connectivity index is 1.84. The smallest absolute Gasteiger partial charge is 0.282 e. The highest BCUT2D eigenvalue weighted by molar-refractivity contribution is 7.86. The van der Waals surface area contributed by atoms with Crippen molar-refractivity contribution < 1.29 is 17.9 Å². The molecular formula is C13H27N3O4S. The van der Waals surface area contributed by atoms with Crippen LogP contribution in [0.2, 0.25) is 0 Å². The van der Waals surface area contributed by atoms with E-state index in [1.807, 2.05) is 0 Å². The molecule has 8 heteroatoms. The highest BCUT2D eigenvalue weighted by Crippen LogP contribution is 2.21. The van der Waals surface area contributed by atoms with Crippen molar-refractivity contribution in [1.82, 2.24) is 13.9 Å². The number of hydrogen-bond donors (Lipinski definition) is 1. The quantitative estimate of drug-likeness (QED) is 0.641. The summed E-state index contributed by atoms with van der Waals surface area (Å²) in [5.74, 6) is 0.381. The van der Waals surface area contributed by atoms with Crippen molar-refractivity contribution >= 4 is 10.2 Å². The van der Waals surface area contributed by atoms with Crippen molar-refractivity contribution in [3.63, 3.8) is 0 Å². The van der Waals surface area contributed by atoms with Gasteiger partial charge in [0.1, 0.15) is 0 Å². The van der Waals surface area contributed by atoms with Crippen LogP contribution in [0.4, 0.5) is 0 Å². The second kappa shape index (κ2) is 8.40. The predicted molar refractivity (Wildman–Crippen MR) is 80.4 cm³/mol. The van der Waals surface area contributed by atoms with Crippen LogP contribution >= 0.6 is 0 Å². The lowest BCUT2D eigenvalue weighted by atomic mass is 10.00. The van der Waals surface area contributed by atoms with Gasteiger partial charge in [-0.05, 0) is 25.3 Å². The van der Waals surface area contributed by atoms with Crippen molar-refractivity contribution in [2.75, 3.05) is 66.2 Å². The summed E-state index contributed by atoms with van der Waals surface area (Å²) >= 11 is 0. The second-order valence-corrected chi connectivity index (χ2v) is 7.51. The molecule has 21 heavy (non-hydrogen) atoms. The molecule has 2 heterocycles. The SMILES string of the molecule is COCCNCC1CCCN(S(=O)(=O)N2CCOCC2)C1. The molecule has 124 valence electrons. The zero-order valence-corrected chi connectivity index (χ0v) is 13.6. The fourth-order valence-electron chi connectivity index (χ4n) is 2.82. The Labute approximate surface area is 127 Å². The van der Waals surface area contributed by atoms with Crippen molar-refractivity contribution in [2.45, 2.75) is 12.8 Å². The Bertz CT molecular complexity index is 398. The van der Waals surface area contributed by atoms with E-state index in [0.29, 0.717) is 51.9 Å². The summed E-state index contributed by atoms with van der Waals surface area (Å²) < 4.78 is 38.7. The van der Waals surface area contributed by atoms with Crippen LogP contribution in [0.15, 0.2) is 0 Å². The first kappa shape index (κ1) is 17.1. The number of morpholine rings is 1. The first-order chi connectivity index (χ1) is 10.1. The first-order valence-corrected chi connectivity index (χ1v) is 9.07. The number of nitrogens with one attached hydrogen (secondary N) is 1. The molecule has 2 fully saturated rings. The number of methoxy groups -OCH3 is 1. The zero-order chi connectivity index (χ0) is 15.1. The lowest BCUT2D eigenvalue weighted by Crippen LogP contribution is -2.52. The van der Waals surface area contributed by atoms with Gasteiger partial charge in [-0.1, -0.05) is 0 Å². The summed E-state index contributed by atoms with van der Waals surface area (Å²) in [5.41, 5.74) is 0. The van der Waals surface area contributed by atoms with Crippen LogP contribution in [0.1, 0.15) is 12.8 Å². The third-order valence-corrected chi connectivity index (χ3v) is 6.02. The maximum atomic E-state index is 12.6. The van der Waals surface area contributed by atoms with E-state index < -0.39 is 10.2 Å². The normalized spacial score (nSPS) is 26.0. The maximum absolute atomic E-state index is 12.6. The molecule has 0 radical (unpaired) electrons. The number of ether oxygens (including phenoxy) is 2. The van der Waals surface area contributed by atoms with Crippen LogP contribution in [0.3, 0.4) is 0 Å². The molecule has 2 saturated heterocycles. The van der Waals surface area contributed by atoms with Gasteiger partial charge >= 0.3 is 0 Å². The Morgan fingerprint density at radius 1 is 1.24 bits per heavy atom. The standard InChI is InChI=1S/C13H27N3O4S/c1-19-8-4-14-11-13-3-2-5-16(12-13)21(17,18)15-6-9-20-10-7-15/h13-14H,2-12H2,1H3. The molecule has 0 spiro atoms. The fraction of sp³-hybridized carbons (Fsp3) is 1.00. The molecule has 0 bridgehead atoms. The van der Waals surface area contributed by atoms with Gasteiger partial charge < -0.3 is 14.8 Å². The average molecular weight is 321 g/mol. The second-order valence-electron chi connectivity index (χ2n) is 5.58. The van der Waals surface area contributed by atoms with Crippen LogP contribution in [-0.4, -0.2) is 83.2 Å². The maximum Gasteiger partial charge on any atom is 0.282 e. The molecule has 7 nitrogen and oxygen atoms in total. The zero-order valence-electron chi connectivity index (χ0n) is 12.8. The summed E-state index contributed by atoms with van der Waals surface area (Å²) in [6.45, 7) is 5.51. The number of piperidine rings is 1. The predicted octanol–water partition coefficient (Wildman–Crippen LogP) is -0.489. The highest BCUT2D eigenvalue weighted by atomic mass is 32.2. The minimum absolute atomic E-state index is 0.381. The average Bonchev–Trinajstić information content (AvgIpc) is 2.53. The monoisotopic (exact) mass is 321 g/mol. The Hall–Kier alpha value is -0.250. The van der Waals surface area contributed by atoms with Crippen molar-refractivity contribution in [1.29, 1.82) is 0 Å². The summed E-state index contributed by atoms with van der Waals surface area (Å²) in [7, 11) is -1.64. The molecule has 2 aliphatic rings. The molecule has 2 aliphatic heterocycles. The van der Waals surface area contributed by atoms with E-state index in [-0.39, 0.29) is 0 Å². The van der Waals surface area contributed by atoms with E-state index in [9.17, 15) is 8.42 Å². The van der Waals surface area contributed by atoms with Gasteiger partial charge in [-0.25, -0.2) is 0 Å². The largest absolute Gasteiger partial charge is 0.383 e. The van der Waals surface area contributed by atoms with Gasteiger partial charge in [-0.3, -0.25) is 0 Å². The number of hydrogen-bond acceptors (Lipinski definition) is 5. The van der Waals surface area contributed by atoms with Gasteiger partial charge in [0.25, 0.3) is 10.2 Å². The lowest BCUT2D eigenvalue weighted by Gasteiger charge is -2.36. The van der Waals surface area contributed by atoms with Gasteiger partial charge in [0.15, 0.2) is 0 Å². The van der Waals surface area contributed by atoms with Crippen LogP contribution in [-0.2, 0) is 19.7 Å². The Morgan fingerprint density at radius 2 is 2.00 bits per heavy atom. The van der Waals surface area contributed by atoms with Crippen LogP contribution in [0.5, 0.6) is 0 Å². The fourth-order valence-corrected chi connectivity index (χ4v) is 4.52. The van der Waals surface area contributed by atoms with Crippen molar-refractivity contribution in [3.05, 3.63) is 0 Å². The Morgan fingerprint density at radius 3 is 2.71 bits per heavy atom. The van der Waals surface area contributed by atoms with Gasteiger partial charge in [0.2, 0.25) is 0 Å². The molecule has 0 aromatic heterocycles. The minimum Gasteiger partial charge on any atom is -0.383 e. The molecule has 0 aromatic rings. The highest BCUT2D eigenvalue weighted by Gasteiger charge is 2.34. The van der Waals surface area contributed by atoms with E-state index in [1.54, 1.807) is 15.7 Å². The minimum atomic E-state index is -3.32. The van der Waals surface area contributed by atoms with Gasteiger partial charge in [-0.2, -0.15) is 17.0 Å². The van der Waals surface area contributed by atoms with Gasteiger partial charge in [0, 0.05) is 39.8 Å². The Kier molecular flexibility index (Phi) is 6.84. The van der Waals surface area contributed by atoms with E-state index in [1.165, 1.54) is 0 Å². The van der Waals surface area contributed by atoms with Crippen molar-refractivity contribution in [2.24, 2.45) is 5.92 Å². The molecule has 0 saturated carbocycles. The van der Waals surface area contributed by atoms with E-state index in [4.69, 9.17) is 9.47 Å². The lowest BCUT2D eigenvalue weighted by molar-refractivity contribution is 0.0690. The summed E-state index contributed by atoms with van der Waals surface area (Å²) in [6, 6.07) is 0. The van der Waals surface area contributed by atoms with Crippen LogP contribution in [0, 0.1) is 5.92 Å². The number of rotatable bonds is 7. The van der Waals surface area contributed by atoms with Crippen LogP contribution < -0.4 is 5.32 Å². The molecule has 0 amide bonds. The molecule has 0 aliphatic carbocycles. The van der Waals surface area contributed by atoms with Gasteiger partial charge in [-0.15, -0.1) is 0 Å². The summed E-state index contributed by atoms with van der Waals surface area (Å²) in [4.78, 5) is 0. The topological polar surface area (TPSA) is 71.1 Å². The van der Waals surface area contributed by atoms with E-state index in [0.717, 1.165) is 25.9 Å². The van der Waals surface area contributed by atoms with E-state index >= 15 is 0 Å². The molecule has 2 rings (SSSR count). The summed E-state index contributed by atoms with van der Waals surface area (Å²) in [6.07, 6.45) is 2.01. The molecule has 1 atom stereocenters. The van der Waals surface area contributed by atoms with Crippen LogP contribution in [0.25, 0.3) is 0 Å². The molecule has 1 N–H and O–H groups in total. The van der Waals surface area contributed by atoms with E-state index in [2.05, 4.69) is 5.32 Å². The van der Waals surface area contributed by atoms with Crippen molar-refractivity contribution in [3.8, 4) is 0 Å². The molecular weight excluding hydrogens is 294 g/mol. The number of nitrogens with zero attached hydrogens (tertiary/aromatic N) is 2. The molecule has 1 unspecified atom stereocenters. The van der Waals surface area contributed by atoms with Gasteiger partial charge in [0.05, 0.1) is 19.8 Å².